The van der Waals surface area contributed by atoms with Gasteiger partial charge in [0.15, 0.2) is 0 Å². The van der Waals surface area contributed by atoms with E-state index < -0.39 is 26.6 Å². The van der Waals surface area contributed by atoms with Crippen LogP contribution in [0.2, 0.25) is 0 Å². The van der Waals surface area contributed by atoms with Crippen LogP contribution < -0.4 is 10.0 Å². The third-order valence-electron chi connectivity index (χ3n) is 3.15. The number of aryl methyl sites for hydroxylation is 1. The lowest BCUT2D eigenvalue weighted by Gasteiger charge is -2.15. The van der Waals surface area contributed by atoms with E-state index in [0.29, 0.717) is 12.6 Å². The smallest absolute Gasteiger partial charge is 0.243 e. The first-order valence-electron chi connectivity index (χ1n) is 6.24. The first-order valence-corrected chi connectivity index (χ1v) is 7.72. The van der Waals surface area contributed by atoms with Crippen LogP contribution in [-0.2, 0) is 10.0 Å². The van der Waals surface area contributed by atoms with Crippen molar-refractivity contribution in [1.82, 2.24) is 10.0 Å². The van der Waals surface area contributed by atoms with E-state index in [4.69, 9.17) is 0 Å². The molecule has 0 saturated carbocycles. The van der Waals surface area contributed by atoms with Crippen molar-refractivity contribution in [3.05, 3.63) is 41.0 Å². The van der Waals surface area contributed by atoms with Crippen LogP contribution in [0.3, 0.4) is 0 Å². The molecule has 0 saturated heterocycles. The van der Waals surface area contributed by atoms with E-state index in [1.165, 1.54) is 6.92 Å². The Kier molecular flexibility index (Phi) is 6.27. The van der Waals surface area contributed by atoms with Crippen molar-refractivity contribution < 1.29 is 17.2 Å². The molecule has 2 rings (SSSR count). The van der Waals surface area contributed by atoms with Gasteiger partial charge in [0.1, 0.15) is 16.5 Å². The molecule has 0 amide bonds. The second-order valence-corrected chi connectivity index (χ2v) is 6.41. The van der Waals surface area contributed by atoms with E-state index in [1.54, 1.807) is 0 Å². The topological polar surface area (TPSA) is 58.2 Å². The van der Waals surface area contributed by atoms with Gasteiger partial charge in [-0.15, -0.1) is 12.4 Å². The third kappa shape index (κ3) is 4.47. The van der Waals surface area contributed by atoms with Crippen LogP contribution in [-0.4, -0.2) is 28.1 Å². The highest BCUT2D eigenvalue weighted by Crippen LogP contribution is 2.19. The predicted molar refractivity (Wildman–Crippen MR) is 79.1 cm³/mol. The number of hydrogen-bond donors (Lipinski definition) is 2. The van der Waals surface area contributed by atoms with Crippen molar-refractivity contribution in [2.24, 2.45) is 0 Å². The molecular weight excluding hydrogens is 322 g/mol. The summed E-state index contributed by atoms with van der Waals surface area (Å²) in [4.78, 5) is -0.522. The Balaban J connectivity index is 0.00000220. The Morgan fingerprint density at radius 1 is 1.29 bits per heavy atom. The van der Waals surface area contributed by atoms with Gasteiger partial charge >= 0.3 is 0 Å². The molecule has 118 valence electrons. The minimum Gasteiger partial charge on any atom is -0.313 e. The van der Waals surface area contributed by atoms with Crippen molar-refractivity contribution in [3.8, 4) is 0 Å². The fourth-order valence-electron chi connectivity index (χ4n) is 1.93. The van der Waals surface area contributed by atoms with Gasteiger partial charge in [-0.2, -0.15) is 0 Å². The number of nitrogens with one attached hydrogen (secondary N) is 2. The Morgan fingerprint density at radius 3 is 2.62 bits per heavy atom. The fourth-order valence-corrected chi connectivity index (χ4v) is 3.11. The van der Waals surface area contributed by atoms with Gasteiger partial charge < -0.3 is 5.32 Å². The van der Waals surface area contributed by atoms with Crippen LogP contribution in [0.1, 0.15) is 12.0 Å². The zero-order chi connectivity index (χ0) is 14.8. The SMILES string of the molecule is Cc1cc(S(=O)(=O)NCC2=CCNCC2)c(F)cc1F.Cl. The zero-order valence-corrected chi connectivity index (χ0v) is 13.1. The largest absolute Gasteiger partial charge is 0.313 e. The molecule has 0 spiro atoms. The highest BCUT2D eigenvalue weighted by Gasteiger charge is 2.21. The maximum atomic E-state index is 13.6. The fraction of sp³-hybridized carbons (Fsp3) is 0.385. The highest BCUT2D eigenvalue weighted by atomic mass is 35.5. The summed E-state index contributed by atoms with van der Waals surface area (Å²) in [5.74, 6) is -1.84. The van der Waals surface area contributed by atoms with Gasteiger partial charge in [-0.3, -0.25) is 0 Å². The number of benzene rings is 1. The average molecular weight is 339 g/mol. The summed E-state index contributed by atoms with van der Waals surface area (Å²) in [7, 11) is -3.98. The first kappa shape index (κ1) is 18.0. The summed E-state index contributed by atoms with van der Waals surface area (Å²) in [5.41, 5.74) is 1.04. The van der Waals surface area contributed by atoms with Crippen LogP contribution in [0.4, 0.5) is 8.78 Å². The van der Waals surface area contributed by atoms with E-state index in [9.17, 15) is 17.2 Å². The molecule has 0 radical (unpaired) electrons. The summed E-state index contributed by atoms with van der Waals surface area (Å²) in [6, 6.07) is 1.59. The maximum Gasteiger partial charge on any atom is 0.243 e. The molecule has 8 heteroatoms. The number of halogens is 3. The summed E-state index contributed by atoms with van der Waals surface area (Å²) in [5, 5.41) is 3.11. The zero-order valence-electron chi connectivity index (χ0n) is 11.4. The molecule has 1 aliphatic rings. The van der Waals surface area contributed by atoms with Gasteiger partial charge in [0.2, 0.25) is 10.0 Å². The van der Waals surface area contributed by atoms with E-state index in [1.807, 2.05) is 6.08 Å². The van der Waals surface area contributed by atoms with Crippen LogP contribution >= 0.6 is 12.4 Å². The summed E-state index contributed by atoms with van der Waals surface area (Å²) >= 11 is 0. The van der Waals surface area contributed by atoms with E-state index in [-0.39, 0.29) is 24.5 Å². The van der Waals surface area contributed by atoms with Gasteiger partial charge in [0, 0.05) is 19.2 Å². The van der Waals surface area contributed by atoms with Gasteiger partial charge in [-0.05, 0) is 31.5 Å². The van der Waals surface area contributed by atoms with Crippen molar-refractivity contribution in [2.45, 2.75) is 18.2 Å². The molecule has 1 aromatic rings. The number of sulfonamides is 1. The maximum absolute atomic E-state index is 13.6. The molecule has 0 unspecified atom stereocenters. The Labute approximate surface area is 129 Å². The molecule has 1 aliphatic heterocycles. The molecule has 0 fully saturated rings. The molecule has 0 atom stereocenters. The summed E-state index contributed by atoms with van der Waals surface area (Å²) in [6.45, 7) is 3.02. The van der Waals surface area contributed by atoms with Crippen molar-refractivity contribution in [2.75, 3.05) is 19.6 Å². The third-order valence-corrected chi connectivity index (χ3v) is 4.57. The molecule has 21 heavy (non-hydrogen) atoms. The van der Waals surface area contributed by atoms with E-state index >= 15 is 0 Å². The van der Waals surface area contributed by atoms with Crippen LogP contribution in [0, 0.1) is 18.6 Å². The second-order valence-electron chi connectivity index (χ2n) is 4.67. The lowest BCUT2D eigenvalue weighted by molar-refractivity contribution is 0.540. The van der Waals surface area contributed by atoms with Gasteiger partial charge in [0.05, 0.1) is 0 Å². The van der Waals surface area contributed by atoms with Gasteiger partial charge in [-0.1, -0.05) is 11.6 Å². The normalized spacial score (nSPS) is 15.3. The monoisotopic (exact) mass is 338 g/mol. The molecule has 4 nitrogen and oxygen atoms in total. The van der Waals surface area contributed by atoms with Gasteiger partial charge in [-0.25, -0.2) is 21.9 Å². The lowest BCUT2D eigenvalue weighted by atomic mass is 10.1. The summed E-state index contributed by atoms with van der Waals surface area (Å²) in [6.07, 6.45) is 2.64. The van der Waals surface area contributed by atoms with Gasteiger partial charge in [0.25, 0.3) is 0 Å². The minimum absolute atomic E-state index is 0. The Bertz CT molecular complexity index is 648. The van der Waals surface area contributed by atoms with Crippen molar-refractivity contribution in [3.63, 3.8) is 0 Å². The second kappa shape index (κ2) is 7.31. The Morgan fingerprint density at radius 2 is 2.00 bits per heavy atom. The van der Waals surface area contributed by atoms with Crippen LogP contribution in [0.15, 0.2) is 28.7 Å². The number of hydrogen-bond acceptors (Lipinski definition) is 3. The quantitative estimate of drug-likeness (QED) is 0.824. The molecule has 0 aliphatic carbocycles. The lowest BCUT2D eigenvalue weighted by Crippen LogP contribution is -2.30. The van der Waals surface area contributed by atoms with Crippen molar-refractivity contribution in [1.29, 1.82) is 0 Å². The average Bonchev–Trinajstić information content (AvgIpc) is 2.42. The van der Waals surface area contributed by atoms with Crippen molar-refractivity contribution >= 4 is 22.4 Å². The van der Waals surface area contributed by atoms with Crippen LogP contribution in [0.25, 0.3) is 0 Å². The van der Waals surface area contributed by atoms with E-state index in [2.05, 4.69) is 10.0 Å². The van der Waals surface area contributed by atoms with Crippen LogP contribution in [0.5, 0.6) is 0 Å². The first-order chi connectivity index (χ1) is 9.40. The molecule has 1 heterocycles. The predicted octanol–water partition coefficient (Wildman–Crippen LogP) is 1.89. The van der Waals surface area contributed by atoms with E-state index in [0.717, 1.165) is 24.6 Å². The molecular formula is C13H17ClF2N2O2S. The molecule has 1 aromatic carbocycles. The minimum atomic E-state index is -3.98. The summed E-state index contributed by atoms with van der Waals surface area (Å²) < 4.78 is 53.2. The standard InChI is InChI=1S/C13H16F2N2O2S.ClH/c1-9-6-13(12(15)7-11(9)14)20(18,19)17-8-10-2-4-16-5-3-10;/h2,6-7,16-17H,3-5,8H2,1H3;1H. The highest BCUT2D eigenvalue weighted by molar-refractivity contribution is 7.89. The number of rotatable bonds is 4. The molecule has 2 N–H and O–H groups in total. The molecule has 0 bridgehead atoms. The molecule has 0 aromatic heterocycles. The Hall–Kier alpha value is -1.02.